The minimum atomic E-state index is 0.458. The Morgan fingerprint density at radius 1 is 1.53 bits per heavy atom. The predicted molar refractivity (Wildman–Crippen MR) is 72.4 cm³/mol. The lowest BCUT2D eigenvalue weighted by atomic mass is 10.1. The largest absolute Gasteiger partial charge is 0.487 e. The van der Waals surface area contributed by atoms with Gasteiger partial charge in [-0.25, -0.2) is 4.98 Å². The lowest BCUT2D eigenvalue weighted by molar-refractivity contribution is 0.365. The molecule has 0 spiro atoms. The van der Waals surface area contributed by atoms with Gasteiger partial charge in [0.2, 0.25) is 0 Å². The fraction of sp³-hybridized carbons (Fsp3) is 0.154. The first kappa shape index (κ1) is 11.7. The number of hydrogen-bond acceptors (Lipinski definition) is 4. The van der Waals surface area contributed by atoms with Gasteiger partial charge >= 0.3 is 0 Å². The third kappa shape index (κ3) is 2.65. The summed E-state index contributed by atoms with van der Waals surface area (Å²) in [5.74, 6) is 0.681. The number of benzene rings is 1. The molecule has 1 aromatic heterocycles. The van der Waals surface area contributed by atoms with Gasteiger partial charge in [0.25, 0.3) is 0 Å². The molecule has 0 bridgehead atoms. The van der Waals surface area contributed by atoms with Crippen molar-refractivity contribution < 1.29 is 4.74 Å². The first-order chi connectivity index (χ1) is 8.20. The molecule has 2 N–H and O–H groups in total. The molecule has 0 unspecified atom stereocenters. The maximum atomic E-state index is 5.92. The van der Waals surface area contributed by atoms with Crippen molar-refractivity contribution in [2.75, 3.05) is 12.3 Å². The molecule has 0 saturated heterocycles. The topological polar surface area (TPSA) is 48.1 Å². The Hall–Kier alpha value is -1.81. The second kappa shape index (κ2) is 5.01. The summed E-state index contributed by atoms with van der Waals surface area (Å²) in [5, 5.41) is 3.07. The molecular formula is C13H14N2OS. The SMILES string of the molecule is C=CCOc1ccc(-c2csc(C)n2)cc1N. The Morgan fingerprint density at radius 3 is 2.94 bits per heavy atom. The summed E-state index contributed by atoms with van der Waals surface area (Å²) < 4.78 is 5.42. The molecule has 0 fully saturated rings. The minimum absolute atomic E-state index is 0.458. The minimum Gasteiger partial charge on any atom is -0.487 e. The lowest BCUT2D eigenvalue weighted by Crippen LogP contribution is -1.97. The van der Waals surface area contributed by atoms with Gasteiger partial charge in [-0.1, -0.05) is 12.7 Å². The molecule has 1 aromatic carbocycles. The Kier molecular flexibility index (Phi) is 3.44. The van der Waals surface area contributed by atoms with Crippen LogP contribution < -0.4 is 10.5 Å². The number of rotatable bonds is 4. The van der Waals surface area contributed by atoms with Gasteiger partial charge in [-0.3, -0.25) is 0 Å². The van der Waals surface area contributed by atoms with Crippen LogP contribution in [0.5, 0.6) is 5.75 Å². The van der Waals surface area contributed by atoms with Crippen LogP contribution in [0.2, 0.25) is 0 Å². The van der Waals surface area contributed by atoms with E-state index in [0.29, 0.717) is 18.0 Å². The fourth-order valence-corrected chi connectivity index (χ4v) is 2.11. The quantitative estimate of drug-likeness (QED) is 0.665. The van der Waals surface area contributed by atoms with Gasteiger partial charge < -0.3 is 10.5 Å². The maximum Gasteiger partial charge on any atom is 0.142 e. The Morgan fingerprint density at radius 2 is 2.35 bits per heavy atom. The van der Waals surface area contributed by atoms with Crippen LogP contribution in [0.3, 0.4) is 0 Å². The van der Waals surface area contributed by atoms with E-state index in [-0.39, 0.29) is 0 Å². The molecule has 2 rings (SSSR count). The number of aromatic nitrogens is 1. The van der Waals surface area contributed by atoms with Crippen LogP contribution >= 0.6 is 11.3 Å². The Bertz CT molecular complexity index is 534. The molecule has 2 aromatic rings. The molecule has 0 atom stereocenters. The number of nitrogens with zero attached hydrogens (tertiary/aromatic N) is 1. The zero-order chi connectivity index (χ0) is 12.3. The van der Waals surface area contributed by atoms with Crippen molar-refractivity contribution in [2.24, 2.45) is 0 Å². The summed E-state index contributed by atoms with van der Waals surface area (Å²) in [4.78, 5) is 4.42. The van der Waals surface area contributed by atoms with Gasteiger partial charge in [0.1, 0.15) is 12.4 Å². The average molecular weight is 246 g/mol. The number of anilines is 1. The van der Waals surface area contributed by atoms with E-state index in [1.54, 1.807) is 17.4 Å². The van der Waals surface area contributed by atoms with Crippen LogP contribution in [-0.2, 0) is 0 Å². The van der Waals surface area contributed by atoms with Gasteiger partial charge in [0.05, 0.1) is 16.4 Å². The van der Waals surface area contributed by atoms with Gasteiger partial charge in [-0.2, -0.15) is 0 Å². The molecule has 0 saturated carbocycles. The first-order valence-corrected chi connectivity index (χ1v) is 6.14. The molecule has 0 aliphatic carbocycles. The van der Waals surface area contributed by atoms with Gasteiger partial charge in [0.15, 0.2) is 0 Å². The molecule has 17 heavy (non-hydrogen) atoms. The van der Waals surface area contributed by atoms with Crippen LogP contribution in [0.25, 0.3) is 11.3 Å². The molecular weight excluding hydrogens is 232 g/mol. The smallest absolute Gasteiger partial charge is 0.142 e. The summed E-state index contributed by atoms with van der Waals surface area (Å²) in [5.41, 5.74) is 8.51. The van der Waals surface area contributed by atoms with Crippen molar-refractivity contribution in [3.63, 3.8) is 0 Å². The van der Waals surface area contributed by atoms with Gasteiger partial charge in [-0.15, -0.1) is 11.3 Å². The summed E-state index contributed by atoms with van der Waals surface area (Å²) in [6.45, 7) is 6.04. The summed E-state index contributed by atoms with van der Waals surface area (Å²) >= 11 is 1.63. The van der Waals surface area contributed by atoms with E-state index in [2.05, 4.69) is 11.6 Å². The number of ether oxygens (including phenoxy) is 1. The van der Waals surface area contributed by atoms with Crippen molar-refractivity contribution in [1.82, 2.24) is 4.98 Å². The third-order valence-corrected chi connectivity index (χ3v) is 3.05. The zero-order valence-corrected chi connectivity index (χ0v) is 10.5. The summed E-state index contributed by atoms with van der Waals surface area (Å²) in [7, 11) is 0. The lowest BCUT2D eigenvalue weighted by Gasteiger charge is -2.07. The van der Waals surface area contributed by atoms with Crippen LogP contribution in [0, 0.1) is 6.92 Å². The number of nitrogens with two attached hydrogens (primary N) is 1. The van der Waals surface area contributed by atoms with Crippen molar-refractivity contribution >= 4 is 17.0 Å². The predicted octanol–water partition coefficient (Wildman–Crippen LogP) is 3.27. The van der Waals surface area contributed by atoms with Crippen LogP contribution in [-0.4, -0.2) is 11.6 Å². The van der Waals surface area contributed by atoms with E-state index in [1.165, 1.54) is 0 Å². The molecule has 1 heterocycles. The van der Waals surface area contributed by atoms with Crippen molar-refractivity contribution in [2.45, 2.75) is 6.92 Å². The van der Waals surface area contributed by atoms with E-state index in [0.717, 1.165) is 16.3 Å². The fourth-order valence-electron chi connectivity index (χ4n) is 1.48. The molecule has 4 heteroatoms. The summed E-state index contributed by atoms with van der Waals surface area (Å²) in [6, 6.07) is 5.71. The number of aryl methyl sites for hydroxylation is 1. The van der Waals surface area contributed by atoms with Gasteiger partial charge in [-0.05, 0) is 25.1 Å². The van der Waals surface area contributed by atoms with Crippen molar-refractivity contribution in [3.05, 3.63) is 41.2 Å². The van der Waals surface area contributed by atoms with Crippen LogP contribution in [0.4, 0.5) is 5.69 Å². The van der Waals surface area contributed by atoms with E-state index >= 15 is 0 Å². The molecule has 88 valence electrons. The monoisotopic (exact) mass is 246 g/mol. The molecule has 0 aliphatic rings. The Balaban J connectivity index is 2.27. The van der Waals surface area contributed by atoms with E-state index in [1.807, 2.05) is 30.5 Å². The molecule has 0 aliphatic heterocycles. The highest BCUT2D eigenvalue weighted by atomic mass is 32.1. The molecule has 0 radical (unpaired) electrons. The second-order valence-electron chi connectivity index (χ2n) is 3.60. The van der Waals surface area contributed by atoms with Crippen molar-refractivity contribution in [1.29, 1.82) is 0 Å². The normalized spacial score (nSPS) is 10.2. The van der Waals surface area contributed by atoms with Crippen LogP contribution in [0.1, 0.15) is 5.01 Å². The Labute approximate surface area is 105 Å². The highest BCUT2D eigenvalue weighted by molar-refractivity contribution is 7.09. The number of nitrogen functional groups attached to an aromatic ring is 1. The van der Waals surface area contributed by atoms with E-state index < -0.39 is 0 Å². The zero-order valence-electron chi connectivity index (χ0n) is 9.64. The molecule has 0 amide bonds. The maximum absolute atomic E-state index is 5.92. The van der Waals surface area contributed by atoms with E-state index in [9.17, 15) is 0 Å². The van der Waals surface area contributed by atoms with Crippen LogP contribution in [0.15, 0.2) is 36.2 Å². The highest BCUT2D eigenvalue weighted by Gasteiger charge is 2.05. The number of hydrogen-bond donors (Lipinski definition) is 1. The second-order valence-corrected chi connectivity index (χ2v) is 4.67. The highest BCUT2D eigenvalue weighted by Crippen LogP contribution is 2.29. The summed E-state index contributed by atoms with van der Waals surface area (Å²) in [6.07, 6.45) is 1.69. The average Bonchev–Trinajstić information content (AvgIpc) is 2.74. The molecule has 3 nitrogen and oxygen atoms in total. The number of thiazole rings is 1. The van der Waals surface area contributed by atoms with E-state index in [4.69, 9.17) is 10.5 Å². The third-order valence-electron chi connectivity index (χ3n) is 2.28. The van der Waals surface area contributed by atoms with Crippen molar-refractivity contribution in [3.8, 4) is 17.0 Å². The first-order valence-electron chi connectivity index (χ1n) is 5.26. The van der Waals surface area contributed by atoms with Gasteiger partial charge in [0, 0.05) is 10.9 Å². The standard InChI is InChI=1S/C13H14N2OS/c1-3-6-16-13-5-4-10(7-11(13)14)12-8-17-9(2)15-12/h3-5,7-8H,1,6,14H2,2H3.